The highest BCUT2D eigenvalue weighted by atomic mass is 32.1. The lowest BCUT2D eigenvalue weighted by Crippen LogP contribution is -2.14. The molecule has 0 saturated heterocycles. The Morgan fingerprint density at radius 2 is 1.97 bits per heavy atom. The van der Waals surface area contributed by atoms with E-state index in [-0.39, 0.29) is 22.0 Å². The predicted molar refractivity (Wildman–Crippen MR) is 138 cm³/mol. The van der Waals surface area contributed by atoms with Crippen LogP contribution in [0, 0.1) is 18.8 Å². The maximum Gasteiger partial charge on any atom is 0.280 e. The van der Waals surface area contributed by atoms with E-state index in [1.165, 1.54) is 25.6 Å². The second-order valence-electron chi connectivity index (χ2n) is 8.15. The van der Waals surface area contributed by atoms with Crippen LogP contribution in [0.3, 0.4) is 0 Å². The van der Waals surface area contributed by atoms with Crippen molar-refractivity contribution in [3.8, 4) is 40.1 Å². The van der Waals surface area contributed by atoms with Gasteiger partial charge in [-0.1, -0.05) is 11.3 Å². The van der Waals surface area contributed by atoms with Crippen LogP contribution in [-0.2, 0) is 7.05 Å². The molecular formula is C25H19F2N9O2S. The number of amides is 1. The van der Waals surface area contributed by atoms with Crippen molar-refractivity contribution in [3.05, 3.63) is 70.5 Å². The smallest absolute Gasteiger partial charge is 0.280 e. The number of aromatic nitrogens is 8. The van der Waals surface area contributed by atoms with E-state index < -0.39 is 18.0 Å². The number of ether oxygens (including phenoxy) is 1. The Morgan fingerprint density at radius 1 is 1.13 bits per heavy atom. The molecule has 0 radical (unpaired) electrons. The maximum absolute atomic E-state index is 13.5. The first-order valence-electron chi connectivity index (χ1n) is 11.3. The van der Waals surface area contributed by atoms with Crippen LogP contribution in [0.1, 0.15) is 38.9 Å². The molecule has 5 aromatic heterocycles. The number of anilines is 1. The van der Waals surface area contributed by atoms with Gasteiger partial charge in [0.25, 0.3) is 12.3 Å². The number of carbonyl (C=O) groups is 1. The summed E-state index contributed by atoms with van der Waals surface area (Å²) in [6, 6.07) is 6.31. The molecule has 0 saturated carbocycles. The molecule has 5 rings (SSSR count). The van der Waals surface area contributed by atoms with E-state index in [1.807, 2.05) is 6.92 Å². The number of alkyl halides is 2. The highest BCUT2D eigenvalue weighted by Gasteiger charge is 2.22. The van der Waals surface area contributed by atoms with E-state index in [0.717, 1.165) is 17.0 Å². The van der Waals surface area contributed by atoms with Gasteiger partial charge in [0.2, 0.25) is 5.13 Å². The lowest BCUT2D eigenvalue weighted by Gasteiger charge is -2.14. The van der Waals surface area contributed by atoms with Gasteiger partial charge >= 0.3 is 0 Å². The largest absolute Gasteiger partial charge is 0.494 e. The van der Waals surface area contributed by atoms with Gasteiger partial charge in [0.1, 0.15) is 22.8 Å². The minimum atomic E-state index is -2.82. The summed E-state index contributed by atoms with van der Waals surface area (Å²) in [5.74, 6) is 5.34. The number of methoxy groups -OCH3 is 1. The summed E-state index contributed by atoms with van der Waals surface area (Å²) in [5, 5.41) is 22.4. The molecule has 0 aliphatic rings. The second-order valence-corrected chi connectivity index (χ2v) is 9.13. The number of carbonyl (C=O) groups excluding carboxylic acids is 1. The SMILES string of the molecule is COc1cnc(C(F)F)cc1-c1cc(-c2ccn(C)n2)ncc1C(=O)Nc1nnc(C#Cc2cc(C)[nH]n2)s1. The predicted octanol–water partition coefficient (Wildman–Crippen LogP) is 4.03. The van der Waals surface area contributed by atoms with Crippen LogP contribution in [0.15, 0.2) is 42.9 Å². The zero-order chi connectivity index (χ0) is 27.5. The summed E-state index contributed by atoms with van der Waals surface area (Å²) in [6.07, 6.45) is 1.45. The molecule has 39 heavy (non-hydrogen) atoms. The summed E-state index contributed by atoms with van der Waals surface area (Å²) in [6.45, 7) is 1.86. The number of hydrogen-bond acceptors (Lipinski definition) is 9. The molecule has 1 amide bonds. The third-order valence-electron chi connectivity index (χ3n) is 5.40. The van der Waals surface area contributed by atoms with E-state index in [4.69, 9.17) is 4.74 Å². The highest BCUT2D eigenvalue weighted by molar-refractivity contribution is 7.15. The van der Waals surface area contributed by atoms with Crippen LogP contribution >= 0.6 is 11.3 Å². The normalized spacial score (nSPS) is 10.8. The van der Waals surface area contributed by atoms with Gasteiger partial charge in [-0.25, -0.2) is 8.78 Å². The van der Waals surface area contributed by atoms with Crippen molar-refractivity contribution in [2.75, 3.05) is 12.4 Å². The Hall–Kier alpha value is -5.03. The van der Waals surface area contributed by atoms with Crippen LogP contribution in [-0.4, -0.2) is 53.2 Å². The van der Waals surface area contributed by atoms with Crippen molar-refractivity contribution < 1.29 is 18.3 Å². The molecule has 5 aromatic rings. The van der Waals surface area contributed by atoms with Crippen LogP contribution in [0.4, 0.5) is 13.9 Å². The quantitative estimate of drug-likeness (QED) is 0.304. The molecule has 0 spiro atoms. The molecule has 0 aliphatic heterocycles. The standard InChI is InChI=1S/C25H19F2N9O2S/c1-13-8-14(32-31-13)4-5-22-33-34-25(39-22)30-24(37)17-11-28-19(18-6-7-36(2)35-18)9-15(17)16-10-20(23(26)27)29-12-21(16)38-3/h6-12,23H,1-3H3,(H,31,32)(H,30,34,37). The monoisotopic (exact) mass is 547 g/mol. The highest BCUT2D eigenvalue weighted by Crippen LogP contribution is 2.36. The third-order valence-corrected chi connectivity index (χ3v) is 6.15. The molecule has 14 heteroatoms. The fraction of sp³-hybridized carbons (Fsp3) is 0.160. The van der Waals surface area contributed by atoms with Crippen LogP contribution in [0.2, 0.25) is 0 Å². The van der Waals surface area contributed by atoms with E-state index >= 15 is 0 Å². The molecule has 0 fully saturated rings. The fourth-order valence-corrected chi connectivity index (χ4v) is 4.18. The number of nitrogens with zero attached hydrogens (tertiary/aromatic N) is 7. The first-order chi connectivity index (χ1) is 18.8. The Bertz CT molecular complexity index is 1730. The van der Waals surface area contributed by atoms with Gasteiger partial charge in [0, 0.05) is 36.3 Å². The van der Waals surface area contributed by atoms with Crippen molar-refractivity contribution in [1.29, 1.82) is 0 Å². The molecule has 196 valence electrons. The molecule has 0 aromatic carbocycles. The van der Waals surface area contributed by atoms with Gasteiger partial charge in [-0.2, -0.15) is 10.2 Å². The number of aromatic amines is 1. The van der Waals surface area contributed by atoms with Crippen molar-refractivity contribution in [1.82, 2.24) is 40.1 Å². The summed E-state index contributed by atoms with van der Waals surface area (Å²) in [5.41, 5.74) is 2.55. The summed E-state index contributed by atoms with van der Waals surface area (Å²) in [7, 11) is 3.14. The number of halogens is 2. The molecule has 0 bridgehead atoms. The third kappa shape index (κ3) is 5.63. The molecule has 2 N–H and O–H groups in total. The fourth-order valence-electron chi connectivity index (χ4n) is 3.59. The topological polar surface area (TPSA) is 136 Å². The molecule has 11 nitrogen and oxygen atoms in total. The Kier molecular flexibility index (Phi) is 7.06. The second kappa shape index (κ2) is 10.8. The van der Waals surface area contributed by atoms with Crippen molar-refractivity contribution in [3.63, 3.8) is 0 Å². The minimum Gasteiger partial charge on any atom is -0.494 e. The van der Waals surface area contributed by atoms with E-state index in [1.54, 1.807) is 36.1 Å². The Balaban J connectivity index is 1.51. The van der Waals surface area contributed by atoms with Crippen LogP contribution < -0.4 is 10.1 Å². The molecule has 0 unspecified atom stereocenters. The van der Waals surface area contributed by atoms with E-state index in [2.05, 4.69) is 52.6 Å². The lowest BCUT2D eigenvalue weighted by molar-refractivity contribution is 0.102. The van der Waals surface area contributed by atoms with Gasteiger partial charge in [-0.15, -0.1) is 10.2 Å². The van der Waals surface area contributed by atoms with Gasteiger partial charge in [-0.3, -0.25) is 29.9 Å². The van der Waals surface area contributed by atoms with Crippen molar-refractivity contribution in [2.24, 2.45) is 7.05 Å². The van der Waals surface area contributed by atoms with Gasteiger partial charge in [0.05, 0.1) is 24.6 Å². The Morgan fingerprint density at radius 3 is 2.67 bits per heavy atom. The van der Waals surface area contributed by atoms with Gasteiger partial charge in [0.15, 0.2) is 5.01 Å². The van der Waals surface area contributed by atoms with E-state index in [9.17, 15) is 13.6 Å². The lowest BCUT2D eigenvalue weighted by atomic mass is 9.98. The molecular weight excluding hydrogens is 528 g/mol. The maximum atomic E-state index is 13.5. The average Bonchev–Trinajstić information content (AvgIpc) is 3.68. The zero-order valence-corrected chi connectivity index (χ0v) is 21.5. The van der Waals surface area contributed by atoms with Crippen LogP contribution in [0.25, 0.3) is 22.5 Å². The average molecular weight is 548 g/mol. The number of rotatable bonds is 6. The minimum absolute atomic E-state index is 0.0919. The number of hydrogen-bond donors (Lipinski definition) is 2. The van der Waals surface area contributed by atoms with Crippen molar-refractivity contribution >= 4 is 22.4 Å². The summed E-state index contributed by atoms with van der Waals surface area (Å²) in [4.78, 5) is 21.5. The number of aryl methyl sites for hydroxylation is 2. The first-order valence-corrected chi connectivity index (χ1v) is 12.1. The number of nitrogens with one attached hydrogen (secondary N) is 2. The van der Waals surface area contributed by atoms with Crippen LogP contribution in [0.5, 0.6) is 5.75 Å². The first kappa shape index (κ1) is 25.6. The summed E-state index contributed by atoms with van der Waals surface area (Å²) < 4.78 is 34.0. The van der Waals surface area contributed by atoms with Gasteiger partial charge in [-0.05, 0) is 43.0 Å². The zero-order valence-electron chi connectivity index (χ0n) is 20.7. The van der Waals surface area contributed by atoms with Crippen molar-refractivity contribution in [2.45, 2.75) is 13.3 Å². The molecule has 0 aliphatic carbocycles. The summed E-state index contributed by atoms with van der Waals surface area (Å²) >= 11 is 1.07. The number of H-pyrrole nitrogens is 1. The van der Waals surface area contributed by atoms with E-state index in [0.29, 0.717) is 27.7 Å². The molecule has 0 atom stereocenters. The van der Waals surface area contributed by atoms with Gasteiger partial charge < -0.3 is 4.74 Å². The molecule has 5 heterocycles. The number of pyridine rings is 2. The Labute approximate surface area is 224 Å².